The highest BCUT2D eigenvalue weighted by Gasteiger charge is 2.58. The van der Waals surface area contributed by atoms with Gasteiger partial charge in [0.05, 0.1) is 18.4 Å². The molecule has 1 aliphatic heterocycles. The Morgan fingerprint density at radius 1 is 1.21 bits per heavy atom. The van der Waals surface area contributed by atoms with Gasteiger partial charge in [-0.25, -0.2) is 9.78 Å². The van der Waals surface area contributed by atoms with Crippen molar-refractivity contribution in [2.45, 2.75) is 85.0 Å². The third-order valence-electron chi connectivity index (χ3n) is 7.68. The van der Waals surface area contributed by atoms with E-state index in [0.717, 1.165) is 0 Å². The number of aromatic nitrogens is 2. The molecule has 1 saturated carbocycles. The van der Waals surface area contributed by atoms with Crippen LogP contribution in [0.15, 0.2) is 18.6 Å². The van der Waals surface area contributed by atoms with Crippen molar-refractivity contribution in [1.82, 2.24) is 25.5 Å². The van der Waals surface area contributed by atoms with Crippen LogP contribution in [-0.2, 0) is 19.1 Å². The number of nitrogens with one attached hydrogen (secondary N) is 2. The predicted octanol–water partition coefficient (Wildman–Crippen LogP) is 1.31. The summed E-state index contributed by atoms with van der Waals surface area (Å²) in [6.07, 6.45) is 5.28. The summed E-state index contributed by atoms with van der Waals surface area (Å²) in [4.78, 5) is 62.6. The Balaban J connectivity index is 1.85. The van der Waals surface area contributed by atoms with Gasteiger partial charge in [0.15, 0.2) is 0 Å². The van der Waals surface area contributed by atoms with Crippen LogP contribution in [0.1, 0.15) is 71.8 Å². The molecule has 0 radical (unpaired) electrons. The van der Waals surface area contributed by atoms with Crippen molar-refractivity contribution >= 4 is 23.7 Å². The SMILES string of the molecule is CCOC(=O)[C@@H]1[C@H]2CC[C@@](C)(O)C2CN1C(=O)[C@@H](NC(=O)[C@H](NC(=O)c1cnccn1)C(C)C)C(C)(C)C. The minimum Gasteiger partial charge on any atom is -0.464 e. The van der Waals surface area contributed by atoms with Crippen molar-refractivity contribution in [3.05, 3.63) is 24.3 Å². The van der Waals surface area contributed by atoms with Gasteiger partial charge in [0.25, 0.3) is 5.91 Å². The molecule has 1 aliphatic carbocycles. The van der Waals surface area contributed by atoms with Crippen LogP contribution in [0.5, 0.6) is 0 Å². The van der Waals surface area contributed by atoms with Crippen molar-refractivity contribution in [3.63, 3.8) is 0 Å². The largest absolute Gasteiger partial charge is 0.464 e. The van der Waals surface area contributed by atoms with Gasteiger partial charge in [0.2, 0.25) is 11.8 Å². The molecule has 1 aromatic heterocycles. The van der Waals surface area contributed by atoms with Crippen LogP contribution in [0.25, 0.3) is 0 Å². The number of nitrogens with zero attached hydrogens (tertiary/aromatic N) is 3. The van der Waals surface area contributed by atoms with Gasteiger partial charge >= 0.3 is 5.97 Å². The number of carbonyl (C=O) groups excluding carboxylic acids is 4. The van der Waals surface area contributed by atoms with E-state index >= 15 is 0 Å². The van der Waals surface area contributed by atoms with Crippen molar-refractivity contribution in [2.24, 2.45) is 23.2 Å². The minimum absolute atomic E-state index is 0.0716. The zero-order chi connectivity index (χ0) is 28.4. The molecule has 1 saturated heterocycles. The lowest BCUT2D eigenvalue weighted by Crippen LogP contribution is -2.61. The van der Waals surface area contributed by atoms with E-state index in [9.17, 15) is 24.3 Å². The Morgan fingerprint density at radius 2 is 1.89 bits per heavy atom. The number of carbonyl (C=O) groups is 4. The zero-order valence-corrected chi connectivity index (χ0v) is 23.4. The van der Waals surface area contributed by atoms with E-state index in [-0.39, 0.29) is 36.6 Å². The van der Waals surface area contributed by atoms with Crippen molar-refractivity contribution in [1.29, 1.82) is 0 Å². The summed E-state index contributed by atoms with van der Waals surface area (Å²) in [6.45, 7) is 12.9. The fraction of sp³-hybridized carbons (Fsp3) is 0.704. The Kier molecular flexibility index (Phi) is 8.80. The van der Waals surface area contributed by atoms with Crippen molar-refractivity contribution < 1.29 is 29.0 Å². The summed E-state index contributed by atoms with van der Waals surface area (Å²) in [7, 11) is 0. The van der Waals surface area contributed by atoms with Crippen molar-refractivity contribution in [2.75, 3.05) is 13.2 Å². The number of fused-ring (bicyclic) bond motifs is 1. The van der Waals surface area contributed by atoms with Crippen LogP contribution in [0.2, 0.25) is 0 Å². The maximum Gasteiger partial charge on any atom is 0.329 e. The molecule has 11 nitrogen and oxygen atoms in total. The second-order valence-electron chi connectivity index (χ2n) is 11.9. The summed E-state index contributed by atoms with van der Waals surface area (Å²) >= 11 is 0. The fourth-order valence-electron chi connectivity index (χ4n) is 5.54. The molecule has 210 valence electrons. The first-order valence-corrected chi connectivity index (χ1v) is 13.3. The molecule has 1 unspecified atom stereocenters. The number of ether oxygens (including phenoxy) is 1. The molecule has 3 rings (SSSR count). The van der Waals surface area contributed by atoms with E-state index in [0.29, 0.717) is 12.8 Å². The van der Waals surface area contributed by atoms with Gasteiger partial charge in [-0.1, -0.05) is 34.6 Å². The Bertz CT molecular complexity index is 1040. The third-order valence-corrected chi connectivity index (χ3v) is 7.68. The van der Waals surface area contributed by atoms with E-state index in [1.54, 1.807) is 27.7 Å². The van der Waals surface area contributed by atoms with Crippen LogP contribution in [0.3, 0.4) is 0 Å². The maximum atomic E-state index is 14.0. The van der Waals surface area contributed by atoms with Gasteiger partial charge < -0.3 is 25.4 Å². The van der Waals surface area contributed by atoms with Crippen LogP contribution in [0.4, 0.5) is 0 Å². The average Bonchev–Trinajstić information content (AvgIpc) is 3.37. The molecule has 3 amide bonds. The highest BCUT2D eigenvalue weighted by Crippen LogP contribution is 2.48. The van der Waals surface area contributed by atoms with Crippen LogP contribution < -0.4 is 10.6 Å². The molecular formula is C27H41N5O6. The van der Waals surface area contributed by atoms with E-state index in [4.69, 9.17) is 4.74 Å². The van der Waals surface area contributed by atoms with Gasteiger partial charge in [0, 0.05) is 24.9 Å². The maximum absolute atomic E-state index is 14.0. The molecule has 0 bridgehead atoms. The molecular weight excluding hydrogens is 490 g/mol. The molecule has 11 heteroatoms. The Hall–Kier alpha value is -3.08. The minimum atomic E-state index is -1.00. The molecule has 1 aromatic rings. The average molecular weight is 532 g/mol. The molecule has 0 aromatic carbocycles. The molecule has 0 spiro atoms. The predicted molar refractivity (Wildman–Crippen MR) is 138 cm³/mol. The number of rotatable bonds is 8. The second kappa shape index (κ2) is 11.3. The number of amides is 3. The third kappa shape index (κ3) is 6.14. The number of aliphatic hydroxyl groups is 1. The summed E-state index contributed by atoms with van der Waals surface area (Å²) in [5.74, 6) is -2.78. The smallest absolute Gasteiger partial charge is 0.329 e. The number of hydrogen-bond donors (Lipinski definition) is 3. The standard InChI is InChI=1S/C27H41N5O6/c1-8-38-25(36)20-16-9-10-27(7,37)17(16)14-32(20)24(35)21(26(4,5)6)31-23(34)19(15(2)3)30-22(33)18-13-28-11-12-29-18/h11-13,15-17,19-21,37H,8-10,14H2,1-7H3,(H,30,33)(H,31,34)/t16-,17?,19+,20-,21+,27+/m0/s1. The van der Waals surface area contributed by atoms with E-state index in [1.165, 1.54) is 23.5 Å². The quantitative estimate of drug-likeness (QED) is 0.425. The lowest BCUT2D eigenvalue weighted by atomic mass is 9.85. The lowest BCUT2D eigenvalue weighted by molar-refractivity contribution is -0.156. The van der Waals surface area contributed by atoms with Crippen LogP contribution in [-0.4, -0.2) is 80.5 Å². The van der Waals surface area contributed by atoms with Gasteiger partial charge in [-0.3, -0.25) is 19.4 Å². The van der Waals surface area contributed by atoms with E-state index < -0.39 is 52.8 Å². The summed E-state index contributed by atoms with van der Waals surface area (Å²) in [5.41, 5.74) is -1.65. The topological polar surface area (TPSA) is 151 Å². The molecule has 2 fully saturated rings. The molecule has 2 aliphatic rings. The zero-order valence-electron chi connectivity index (χ0n) is 23.4. The van der Waals surface area contributed by atoms with Gasteiger partial charge in [-0.15, -0.1) is 0 Å². The molecule has 2 heterocycles. The summed E-state index contributed by atoms with van der Waals surface area (Å²) in [6, 6.07) is -2.77. The number of esters is 1. The Labute approximate surface area is 224 Å². The van der Waals surface area contributed by atoms with E-state index in [2.05, 4.69) is 20.6 Å². The highest BCUT2D eigenvalue weighted by molar-refractivity contribution is 5.97. The normalized spacial score (nSPS) is 26.4. The van der Waals surface area contributed by atoms with Crippen LogP contribution >= 0.6 is 0 Å². The molecule has 38 heavy (non-hydrogen) atoms. The second-order valence-corrected chi connectivity index (χ2v) is 11.9. The van der Waals surface area contributed by atoms with Crippen LogP contribution in [0, 0.1) is 23.2 Å². The summed E-state index contributed by atoms with van der Waals surface area (Å²) < 4.78 is 5.32. The first-order valence-electron chi connectivity index (χ1n) is 13.3. The molecule has 3 N–H and O–H groups in total. The van der Waals surface area contributed by atoms with Gasteiger partial charge in [-0.05, 0) is 43.9 Å². The first kappa shape index (κ1) is 29.5. The van der Waals surface area contributed by atoms with Gasteiger partial charge in [-0.2, -0.15) is 0 Å². The number of likely N-dealkylation sites (tertiary alicyclic amines) is 1. The van der Waals surface area contributed by atoms with Crippen molar-refractivity contribution in [3.8, 4) is 0 Å². The summed E-state index contributed by atoms with van der Waals surface area (Å²) in [5, 5.41) is 16.5. The molecule has 6 atom stereocenters. The van der Waals surface area contributed by atoms with E-state index in [1.807, 2.05) is 20.8 Å². The monoisotopic (exact) mass is 531 g/mol. The lowest BCUT2D eigenvalue weighted by Gasteiger charge is -2.37. The highest BCUT2D eigenvalue weighted by atomic mass is 16.5. The Morgan fingerprint density at radius 3 is 2.45 bits per heavy atom. The number of hydrogen-bond acceptors (Lipinski definition) is 8. The van der Waals surface area contributed by atoms with Gasteiger partial charge in [0.1, 0.15) is 23.8 Å². The first-order chi connectivity index (χ1) is 17.7. The fourth-order valence-corrected chi connectivity index (χ4v) is 5.54.